The fourth-order valence-corrected chi connectivity index (χ4v) is 1.70. The number of halogens is 1. The van der Waals surface area contributed by atoms with Gasteiger partial charge in [0.25, 0.3) is 0 Å². The van der Waals surface area contributed by atoms with Gasteiger partial charge in [-0.2, -0.15) is 0 Å². The van der Waals surface area contributed by atoms with Gasteiger partial charge < -0.3 is 15.0 Å². The van der Waals surface area contributed by atoms with E-state index in [2.05, 4.69) is 5.32 Å². The molecule has 0 saturated carbocycles. The Morgan fingerprint density at radius 1 is 1.45 bits per heavy atom. The van der Waals surface area contributed by atoms with Crippen LogP contribution in [0.15, 0.2) is 18.2 Å². The molecule has 1 rings (SSSR count). The van der Waals surface area contributed by atoms with Crippen LogP contribution in [-0.2, 0) is 4.79 Å². The molecule has 1 aromatic rings. The van der Waals surface area contributed by atoms with Gasteiger partial charge in [-0.1, -0.05) is 6.07 Å². The zero-order valence-corrected chi connectivity index (χ0v) is 12.6. The Balaban J connectivity index is 2.47. The second-order valence-electron chi connectivity index (χ2n) is 4.94. The number of nitrogens with zero attached hydrogens (tertiary/aromatic N) is 1. The number of nitrogens with one attached hydrogen (secondary N) is 1. The second-order valence-corrected chi connectivity index (χ2v) is 4.94. The maximum Gasteiger partial charge on any atom is 0.222 e. The van der Waals surface area contributed by atoms with Crippen molar-refractivity contribution in [3.63, 3.8) is 0 Å². The molecule has 1 unspecified atom stereocenters. The Morgan fingerprint density at radius 2 is 2.15 bits per heavy atom. The third kappa shape index (κ3) is 4.81. The van der Waals surface area contributed by atoms with Crippen LogP contribution in [0.25, 0.3) is 0 Å². The van der Waals surface area contributed by atoms with Crippen molar-refractivity contribution in [1.82, 2.24) is 10.2 Å². The number of ether oxygens (including phenoxy) is 1. The van der Waals surface area contributed by atoms with Crippen LogP contribution in [0.2, 0.25) is 0 Å². The van der Waals surface area contributed by atoms with Crippen LogP contribution in [0, 0.1) is 5.82 Å². The van der Waals surface area contributed by atoms with Crippen molar-refractivity contribution in [2.24, 2.45) is 0 Å². The van der Waals surface area contributed by atoms with E-state index in [0.717, 1.165) is 5.56 Å². The first-order valence-corrected chi connectivity index (χ1v) is 6.75. The van der Waals surface area contributed by atoms with Gasteiger partial charge in [0, 0.05) is 26.6 Å². The van der Waals surface area contributed by atoms with Crippen LogP contribution in [-0.4, -0.2) is 38.6 Å². The fraction of sp³-hybridized carbons (Fsp3) is 0.533. The lowest BCUT2D eigenvalue weighted by molar-refractivity contribution is -0.128. The molecule has 0 heterocycles. The third-order valence-corrected chi connectivity index (χ3v) is 3.18. The number of amides is 1. The first kappa shape index (κ1) is 16.4. The molecule has 1 atom stereocenters. The average Bonchev–Trinajstić information content (AvgIpc) is 2.43. The topological polar surface area (TPSA) is 41.6 Å². The van der Waals surface area contributed by atoms with Gasteiger partial charge in [0.05, 0.1) is 6.61 Å². The van der Waals surface area contributed by atoms with E-state index >= 15 is 0 Å². The molecular formula is C15H23FN2O2. The predicted octanol–water partition coefficient (Wildman–Crippen LogP) is 2.35. The largest absolute Gasteiger partial charge is 0.491 e. The number of hydrogen-bond donors (Lipinski definition) is 1. The maximum absolute atomic E-state index is 13.8. The Kier molecular flexibility index (Phi) is 6.45. The Morgan fingerprint density at radius 3 is 2.70 bits per heavy atom. The summed E-state index contributed by atoms with van der Waals surface area (Å²) in [4.78, 5) is 12.9. The molecular weight excluding hydrogens is 259 g/mol. The number of hydrogen-bond acceptors (Lipinski definition) is 3. The number of rotatable bonds is 7. The van der Waals surface area contributed by atoms with Gasteiger partial charge in [-0.3, -0.25) is 4.79 Å². The molecule has 0 bridgehead atoms. The van der Waals surface area contributed by atoms with Gasteiger partial charge in [-0.05, 0) is 38.1 Å². The summed E-state index contributed by atoms with van der Waals surface area (Å²) in [5.41, 5.74) is 0.875. The van der Waals surface area contributed by atoms with Gasteiger partial charge in [0.15, 0.2) is 11.6 Å². The van der Waals surface area contributed by atoms with Gasteiger partial charge in [0.2, 0.25) is 5.91 Å². The summed E-state index contributed by atoms with van der Waals surface area (Å²) >= 11 is 0. The van der Waals surface area contributed by atoms with Gasteiger partial charge in [-0.25, -0.2) is 4.39 Å². The smallest absolute Gasteiger partial charge is 0.222 e. The Labute approximate surface area is 119 Å². The van der Waals surface area contributed by atoms with E-state index in [1.165, 1.54) is 11.0 Å². The van der Waals surface area contributed by atoms with Crippen LogP contribution < -0.4 is 10.1 Å². The second kappa shape index (κ2) is 7.85. The van der Waals surface area contributed by atoms with Crippen LogP contribution >= 0.6 is 0 Å². The monoisotopic (exact) mass is 282 g/mol. The van der Waals surface area contributed by atoms with Gasteiger partial charge >= 0.3 is 0 Å². The van der Waals surface area contributed by atoms with E-state index in [1.807, 2.05) is 20.0 Å². The zero-order valence-electron chi connectivity index (χ0n) is 12.6. The lowest BCUT2D eigenvalue weighted by Gasteiger charge is -2.13. The van der Waals surface area contributed by atoms with Gasteiger partial charge in [-0.15, -0.1) is 0 Å². The van der Waals surface area contributed by atoms with Crippen LogP contribution in [0.5, 0.6) is 5.75 Å². The van der Waals surface area contributed by atoms with Crippen molar-refractivity contribution >= 4 is 5.91 Å². The van der Waals surface area contributed by atoms with E-state index < -0.39 is 0 Å². The summed E-state index contributed by atoms with van der Waals surface area (Å²) in [5.74, 6) is -0.0924. The summed E-state index contributed by atoms with van der Waals surface area (Å²) < 4.78 is 19.2. The van der Waals surface area contributed by atoms with Crippen LogP contribution in [0.1, 0.15) is 31.4 Å². The fourth-order valence-electron chi connectivity index (χ4n) is 1.70. The van der Waals surface area contributed by atoms with Crippen LogP contribution in [0.4, 0.5) is 4.39 Å². The maximum atomic E-state index is 13.8. The van der Waals surface area contributed by atoms with Crippen molar-refractivity contribution in [3.05, 3.63) is 29.6 Å². The summed E-state index contributed by atoms with van der Waals surface area (Å²) in [6, 6.07) is 5.04. The SMILES string of the molecule is CNC(C)c1ccc(OCCCC(=O)N(C)C)c(F)c1. The standard InChI is InChI=1S/C15H23FN2O2/c1-11(17-2)12-7-8-14(13(16)10-12)20-9-5-6-15(19)18(3)4/h7-8,10-11,17H,5-6,9H2,1-4H3. The molecule has 112 valence electrons. The number of benzene rings is 1. The molecule has 0 aliphatic heterocycles. The van der Waals surface area contributed by atoms with E-state index in [-0.39, 0.29) is 23.5 Å². The number of carbonyl (C=O) groups excluding carboxylic acids is 1. The Hall–Kier alpha value is -1.62. The van der Waals surface area contributed by atoms with Crippen molar-refractivity contribution in [2.45, 2.75) is 25.8 Å². The summed E-state index contributed by atoms with van der Waals surface area (Å²) in [5, 5.41) is 3.05. The first-order chi connectivity index (χ1) is 9.45. The normalized spacial score (nSPS) is 12.1. The molecule has 0 radical (unpaired) electrons. The van der Waals surface area contributed by atoms with E-state index in [9.17, 15) is 9.18 Å². The van der Waals surface area contributed by atoms with E-state index in [4.69, 9.17) is 4.74 Å². The molecule has 5 heteroatoms. The third-order valence-electron chi connectivity index (χ3n) is 3.18. The molecule has 1 N–H and O–H groups in total. The molecule has 0 fully saturated rings. The predicted molar refractivity (Wildman–Crippen MR) is 77.3 cm³/mol. The minimum Gasteiger partial charge on any atom is -0.491 e. The zero-order chi connectivity index (χ0) is 15.1. The Bertz CT molecular complexity index is 449. The minimum atomic E-state index is -0.372. The molecule has 4 nitrogen and oxygen atoms in total. The minimum absolute atomic E-state index is 0.0484. The molecule has 0 saturated heterocycles. The molecule has 0 aliphatic rings. The summed E-state index contributed by atoms with van der Waals surface area (Å²) in [6.45, 7) is 2.29. The lowest BCUT2D eigenvalue weighted by atomic mass is 10.1. The van der Waals surface area contributed by atoms with Gasteiger partial charge in [0.1, 0.15) is 0 Å². The highest BCUT2D eigenvalue weighted by molar-refractivity contribution is 5.75. The quantitative estimate of drug-likeness (QED) is 0.781. The highest BCUT2D eigenvalue weighted by Crippen LogP contribution is 2.22. The highest BCUT2D eigenvalue weighted by atomic mass is 19.1. The van der Waals surface area contributed by atoms with E-state index in [1.54, 1.807) is 20.2 Å². The van der Waals surface area contributed by atoms with E-state index in [0.29, 0.717) is 19.4 Å². The number of carbonyl (C=O) groups is 1. The molecule has 1 aromatic carbocycles. The summed E-state index contributed by atoms with van der Waals surface area (Å²) in [6.07, 6.45) is 0.981. The lowest BCUT2D eigenvalue weighted by Crippen LogP contribution is -2.21. The first-order valence-electron chi connectivity index (χ1n) is 6.75. The van der Waals surface area contributed by atoms with Crippen molar-refractivity contribution in [1.29, 1.82) is 0 Å². The van der Waals surface area contributed by atoms with Crippen molar-refractivity contribution < 1.29 is 13.9 Å². The molecule has 20 heavy (non-hydrogen) atoms. The molecule has 0 aliphatic carbocycles. The molecule has 1 amide bonds. The average molecular weight is 282 g/mol. The van der Waals surface area contributed by atoms with Crippen molar-refractivity contribution in [3.8, 4) is 5.75 Å². The van der Waals surface area contributed by atoms with Crippen LogP contribution in [0.3, 0.4) is 0 Å². The molecule has 0 spiro atoms. The van der Waals surface area contributed by atoms with Crippen molar-refractivity contribution in [2.75, 3.05) is 27.7 Å². The summed E-state index contributed by atoms with van der Waals surface area (Å²) in [7, 11) is 5.25. The highest BCUT2D eigenvalue weighted by Gasteiger charge is 2.09. The molecule has 0 aromatic heterocycles.